The number of ether oxygens (including phenoxy) is 1. The summed E-state index contributed by atoms with van der Waals surface area (Å²) in [5.41, 5.74) is 0. The summed E-state index contributed by atoms with van der Waals surface area (Å²) in [5.74, 6) is -1.96. The number of carbonyl (C=O) groups excluding carboxylic acids is 1. The maximum atomic E-state index is 12.0. The summed E-state index contributed by atoms with van der Waals surface area (Å²) >= 11 is 0. The van der Waals surface area contributed by atoms with E-state index in [0.29, 0.717) is 6.23 Å². The van der Waals surface area contributed by atoms with Gasteiger partial charge < -0.3 is 4.74 Å². The smallest absolute Gasteiger partial charge is 0.366 e. The second kappa shape index (κ2) is 3.66. The molecule has 0 aliphatic rings. The van der Waals surface area contributed by atoms with Crippen LogP contribution in [0.2, 0.25) is 19.6 Å². The van der Waals surface area contributed by atoms with Crippen LogP contribution in [-0.2, 0) is 9.53 Å². The molecular weight excluding hydrogens is 163 g/mol. The van der Waals surface area contributed by atoms with Crippen LogP contribution in [0.15, 0.2) is 12.4 Å². The minimum absolute atomic E-state index is 0.342. The molecule has 0 amide bonds. The molecule has 0 atom stereocenters. The first kappa shape index (κ1) is 10.4. The van der Waals surface area contributed by atoms with Crippen molar-refractivity contribution in [1.82, 2.24) is 0 Å². The van der Waals surface area contributed by atoms with E-state index in [1.165, 1.54) is 0 Å². The maximum Gasteiger partial charge on any atom is 0.366 e. The molecule has 0 spiro atoms. The number of carbonyl (C=O) groups is 1. The van der Waals surface area contributed by atoms with Crippen LogP contribution in [0, 0.1) is 0 Å². The van der Waals surface area contributed by atoms with Crippen LogP contribution in [0.3, 0.4) is 0 Å². The molecule has 0 rings (SSSR count). The Morgan fingerprint density at radius 1 is 1.55 bits per heavy atom. The molecule has 0 radical (unpaired) electrons. The fourth-order valence-electron chi connectivity index (χ4n) is 0.360. The molecule has 0 aliphatic carbocycles. The van der Waals surface area contributed by atoms with Crippen molar-refractivity contribution in [3.63, 3.8) is 0 Å². The second-order valence-corrected chi connectivity index (χ2v) is 8.95. The first-order chi connectivity index (χ1) is 4.83. The number of hydrogen-bond acceptors (Lipinski definition) is 2. The first-order valence-corrected chi connectivity index (χ1v) is 7.05. The highest BCUT2D eigenvalue weighted by Crippen LogP contribution is 2.03. The highest BCUT2D eigenvalue weighted by atomic mass is 28.3. The van der Waals surface area contributed by atoms with Crippen LogP contribution in [0.5, 0.6) is 0 Å². The van der Waals surface area contributed by atoms with E-state index in [4.69, 9.17) is 0 Å². The third kappa shape index (κ3) is 5.78. The van der Waals surface area contributed by atoms with Gasteiger partial charge in [0.05, 0.1) is 14.3 Å². The van der Waals surface area contributed by atoms with Gasteiger partial charge in [-0.2, -0.15) is 4.39 Å². The topological polar surface area (TPSA) is 26.3 Å². The number of esters is 1. The van der Waals surface area contributed by atoms with Crippen LogP contribution in [0.4, 0.5) is 4.39 Å². The largest absolute Gasteiger partial charge is 0.464 e. The van der Waals surface area contributed by atoms with E-state index in [2.05, 4.69) is 11.3 Å². The molecule has 0 aromatic carbocycles. The van der Waals surface area contributed by atoms with Gasteiger partial charge in [-0.3, -0.25) is 0 Å². The van der Waals surface area contributed by atoms with Crippen molar-refractivity contribution in [3.8, 4) is 0 Å². The van der Waals surface area contributed by atoms with Crippen molar-refractivity contribution >= 4 is 14.0 Å². The zero-order valence-electron chi connectivity index (χ0n) is 7.11. The van der Waals surface area contributed by atoms with Gasteiger partial charge in [0.2, 0.25) is 5.83 Å². The number of hydrogen-bond donors (Lipinski definition) is 0. The summed E-state index contributed by atoms with van der Waals surface area (Å²) in [6.07, 6.45) is 0.342. The summed E-state index contributed by atoms with van der Waals surface area (Å²) in [7, 11) is -1.42. The van der Waals surface area contributed by atoms with E-state index in [1.807, 2.05) is 19.6 Å². The quantitative estimate of drug-likeness (QED) is 0.373. The van der Waals surface area contributed by atoms with Crippen LogP contribution in [0.25, 0.3) is 0 Å². The Balaban J connectivity index is 3.73. The minimum atomic E-state index is -1.42. The molecule has 11 heavy (non-hydrogen) atoms. The highest BCUT2D eigenvalue weighted by Gasteiger charge is 2.17. The van der Waals surface area contributed by atoms with Crippen molar-refractivity contribution in [3.05, 3.63) is 12.4 Å². The van der Waals surface area contributed by atoms with Gasteiger partial charge >= 0.3 is 5.97 Å². The molecule has 0 saturated carbocycles. The lowest BCUT2D eigenvalue weighted by Gasteiger charge is -2.14. The summed E-state index contributed by atoms with van der Waals surface area (Å²) in [6, 6.07) is 0. The van der Waals surface area contributed by atoms with Crippen molar-refractivity contribution in [2.75, 3.05) is 6.23 Å². The predicted octanol–water partition coefficient (Wildman–Crippen LogP) is 1.89. The lowest BCUT2D eigenvalue weighted by atomic mass is 10.6. The summed E-state index contributed by atoms with van der Waals surface area (Å²) < 4.78 is 16.6. The molecule has 64 valence electrons. The Morgan fingerprint density at radius 3 is 2.27 bits per heavy atom. The average Bonchev–Trinajstić information content (AvgIpc) is 1.80. The third-order valence-corrected chi connectivity index (χ3v) is 1.87. The van der Waals surface area contributed by atoms with Crippen LogP contribution >= 0.6 is 0 Å². The molecular formula is C7H13FO2Si. The SMILES string of the molecule is C=C(F)C(=O)OC[Si](C)(C)C. The van der Waals surface area contributed by atoms with Gasteiger partial charge in [0.15, 0.2) is 0 Å². The molecule has 0 fully saturated rings. The van der Waals surface area contributed by atoms with Crippen molar-refractivity contribution < 1.29 is 13.9 Å². The average molecular weight is 176 g/mol. The van der Waals surface area contributed by atoms with Crippen LogP contribution in [0.1, 0.15) is 0 Å². The van der Waals surface area contributed by atoms with E-state index in [9.17, 15) is 9.18 Å². The standard InChI is InChI=1S/C7H13FO2Si/c1-6(8)7(9)10-5-11(2,3)4/h1,5H2,2-4H3. The molecule has 0 aliphatic heterocycles. The Bertz CT molecular complexity index is 172. The minimum Gasteiger partial charge on any atom is -0.464 e. The van der Waals surface area contributed by atoms with E-state index in [0.717, 1.165) is 0 Å². The number of rotatable bonds is 3. The molecule has 0 heterocycles. The molecule has 0 bridgehead atoms. The van der Waals surface area contributed by atoms with Crippen molar-refractivity contribution in [2.24, 2.45) is 0 Å². The Hall–Kier alpha value is -0.643. The van der Waals surface area contributed by atoms with Gasteiger partial charge in [-0.05, 0) is 0 Å². The predicted molar refractivity (Wildman–Crippen MR) is 44.6 cm³/mol. The summed E-state index contributed by atoms with van der Waals surface area (Å²) in [4.78, 5) is 10.5. The molecule has 0 aromatic heterocycles. The zero-order chi connectivity index (χ0) is 9.07. The van der Waals surface area contributed by atoms with Crippen molar-refractivity contribution in [1.29, 1.82) is 0 Å². The van der Waals surface area contributed by atoms with Crippen LogP contribution in [-0.4, -0.2) is 20.3 Å². The Kier molecular flexibility index (Phi) is 3.45. The number of halogens is 1. The Labute approximate surface area is 67.1 Å². The van der Waals surface area contributed by atoms with Gasteiger partial charge in [-0.15, -0.1) is 0 Å². The second-order valence-electron chi connectivity index (χ2n) is 3.54. The van der Waals surface area contributed by atoms with Crippen LogP contribution < -0.4 is 0 Å². The molecule has 0 saturated heterocycles. The normalized spacial score (nSPS) is 10.9. The molecule has 0 aromatic rings. The van der Waals surface area contributed by atoms with E-state index in [-0.39, 0.29) is 0 Å². The summed E-state index contributed by atoms with van der Waals surface area (Å²) in [6.45, 7) is 8.92. The van der Waals surface area contributed by atoms with Gasteiger partial charge in [0.25, 0.3) is 0 Å². The van der Waals surface area contributed by atoms with E-state index >= 15 is 0 Å². The zero-order valence-corrected chi connectivity index (χ0v) is 8.11. The van der Waals surface area contributed by atoms with E-state index in [1.54, 1.807) is 0 Å². The van der Waals surface area contributed by atoms with Gasteiger partial charge in [-0.1, -0.05) is 26.2 Å². The lowest BCUT2D eigenvalue weighted by Crippen LogP contribution is -2.29. The first-order valence-electron chi connectivity index (χ1n) is 3.34. The molecule has 0 N–H and O–H groups in total. The molecule has 4 heteroatoms. The highest BCUT2D eigenvalue weighted by molar-refractivity contribution is 6.76. The Morgan fingerprint density at radius 2 is 2.00 bits per heavy atom. The maximum absolute atomic E-state index is 12.0. The molecule has 2 nitrogen and oxygen atoms in total. The van der Waals surface area contributed by atoms with Gasteiger partial charge in [-0.25, -0.2) is 4.79 Å². The fourth-order valence-corrected chi connectivity index (χ4v) is 0.924. The summed E-state index contributed by atoms with van der Waals surface area (Å²) in [5, 5.41) is 0. The monoisotopic (exact) mass is 176 g/mol. The van der Waals surface area contributed by atoms with Gasteiger partial charge in [0.1, 0.15) is 0 Å². The van der Waals surface area contributed by atoms with Crippen molar-refractivity contribution in [2.45, 2.75) is 19.6 Å². The molecule has 0 unspecified atom stereocenters. The van der Waals surface area contributed by atoms with Gasteiger partial charge in [0, 0.05) is 0 Å². The van der Waals surface area contributed by atoms with E-state index < -0.39 is 19.9 Å². The fraction of sp³-hybridized carbons (Fsp3) is 0.571. The third-order valence-electron chi connectivity index (χ3n) is 0.858. The lowest BCUT2D eigenvalue weighted by molar-refractivity contribution is -0.138.